The summed E-state index contributed by atoms with van der Waals surface area (Å²) in [5.41, 5.74) is 5.70. The highest BCUT2D eigenvalue weighted by atomic mass is 19.4. The number of halogens is 3. The molecule has 3 aromatic rings. The van der Waals surface area contributed by atoms with Crippen LogP contribution in [0.15, 0.2) is 30.5 Å². The summed E-state index contributed by atoms with van der Waals surface area (Å²) in [6.07, 6.45) is -3.26. The van der Waals surface area contributed by atoms with Crippen LogP contribution in [0.1, 0.15) is 11.1 Å². The molecule has 0 radical (unpaired) electrons. The number of aromatic nitrogens is 3. The molecule has 0 atom stereocenters. The smallest absolute Gasteiger partial charge is 0.398 e. The zero-order valence-electron chi connectivity index (χ0n) is 11.9. The molecule has 8 heteroatoms. The molecule has 0 fully saturated rings. The summed E-state index contributed by atoms with van der Waals surface area (Å²) in [4.78, 5) is 4.16. The molecule has 0 bridgehead atoms. The van der Waals surface area contributed by atoms with Crippen LogP contribution < -0.4 is 5.73 Å². The molecule has 2 aromatic heterocycles. The first-order chi connectivity index (χ1) is 10.8. The van der Waals surface area contributed by atoms with E-state index in [1.54, 1.807) is 0 Å². The Hall–Kier alpha value is -3.08. The van der Waals surface area contributed by atoms with E-state index in [2.05, 4.69) is 10.1 Å². The van der Waals surface area contributed by atoms with Crippen LogP contribution in [-0.2, 0) is 13.2 Å². The molecule has 0 aliphatic carbocycles. The van der Waals surface area contributed by atoms with Crippen LogP contribution in [0.3, 0.4) is 0 Å². The van der Waals surface area contributed by atoms with E-state index in [1.165, 1.54) is 36.1 Å². The van der Waals surface area contributed by atoms with Gasteiger partial charge in [0, 0.05) is 24.5 Å². The Bertz CT molecular complexity index is 950. The molecule has 5 nitrogen and oxygen atoms in total. The van der Waals surface area contributed by atoms with Crippen molar-refractivity contribution in [3.63, 3.8) is 0 Å². The van der Waals surface area contributed by atoms with Gasteiger partial charge in [0.05, 0.1) is 22.2 Å². The first-order valence-electron chi connectivity index (χ1n) is 6.51. The van der Waals surface area contributed by atoms with Crippen LogP contribution in [0.5, 0.6) is 0 Å². The van der Waals surface area contributed by atoms with E-state index in [1.807, 2.05) is 6.07 Å². The van der Waals surface area contributed by atoms with Gasteiger partial charge < -0.3 is 5.73 Å². The zero-order valence-corrected chi connectivity index (χ0v) is 11.9. The molecule has 0 aliphatic heterocycles. The number of nitriles is 1. The van der Waals surface area contributed by atoms with E-state index < -0.39 is 11.7 Å². The van der Waals surface area contributed by atoms with Crippen molar-refractivity contribution in [2.75, 3.05) is 5.73 Å². The molecule has 1 aromatic carbocycles. The van der Waals surface area contributed by atoms with Gasteiger partial charge in [0.15, 0.2) is 5.65 Å². The standard InChI is InChI=1S/C15H10F3N5/c1-23-7-10-11(15(16,17)18)5-13(21-14(10)22-23)8-2-3-12(20)9(4-8)6-19/h2-5,7H,20H2,1H3. The normalized spacial score (nSPS) is 11.6. The van der Waals surface area contributed by atoms with Gasteiger partial charge in [0.25, 0.3) is 0 Å². The zero-order chi connectivity index (χ0) is 16.8. The second-order valence-electron chi connectivity index (χ2n) is 5.01. The van der Waals surface area contributed by atoms with E-state index in [0.717, 1.165) is 6.07 Å². The van der Waals surface area contributed by atoms with Crippen molar-refractivity contribution in [3.8, 4) is 17.3 Å². The number of nitrogen functional groups attached to an aromatic ring is 1. The SMILES string of the molecule is Cn1cc2c(C(F)(F)F)cc(-c3ccc(N)c(C#N)c3)nc2n1. The quantitative estimate of drug-likeness (QED) is 0.699. The van der Waals surface area contributed by atoms with E-state index in [0.29, 0.717) is 5.56 Å². The van der Waals surface area contributed by atoms with Crippen LogP contribution in [-0.4, -0.2) is 14.8 Å². The summed E-state index contributed by atoms with van der Waals surface area (Å²) in [6, 6.07) is 7.25. The lowest BCUT2D eigenvalue weighted by Gasteiger charge is -2.10. The van der Waals surface area contributed by atoms with Gasteiger partial charge in [0.1, 0.15) is 6.07 Å². The molecule has 116 valence electrons. The van der Waals surface area contributed by atoms with Crippen molar-refractivity contribution in [3.05, 3.63) is 41.6 Å². The topological polar surface area (TPSA) is 80.5 Å². The highest BCUT2D eigenvalue weighted by Gasteiger charge is 2.34. The molecule has 0 amide bonds. The maximum atomic E-state index is 13.3. The molecular formula is C15H10F3N5. The number of anilines is 1. The summed E-state index contributed by atoms with van der Waals surface area (Å²) in [5.74, 6) is 0. The predicted octanol–water partition coefficient (Wildman–Crippen LogP) is 3.11. The van der Waals surface area contributed by atoms with E-state index in [-0.39, 0.29) is 28.0 Å². The van der Waals surface area contributed by atoms with Crippen molar-refractivity contribution < 1.29 is 13.2 Å². The van der Waals surface area contributed by atoms with E-state index in [4.69, 9.17) is 11.0 Å². The van der Waals surface area contributed by atoms with Crippen molar-refractivity contribution in [2.24, 2.45) is 7.05 Å². The Kier molecular flexibility index (Phi) is 3.21. The fourth-order valence-electron chi connectivity index (χ4n) is 2.30. The van der Waals surface area contributed by atoms with Crippen molar-refractivity contribution in [1.82, 2.24) is 14.8 Å². The molecular weight excluding hydrogens is 307 g/mol. The average Bonchev–Trinajstić information content (AvgIpc) is 2.85. The summed E-state index contributed by atoms with van der Waals surface area (Å²) in [5, 5.41) is 12.9. The van der Waals surface area contributed by atoms with Crippen molar-refractivity contribution in [1.29, 1.82) is 5.26 Å². The van der Waals surface area contributed by atoms with Crippen LogP contribution in [0.2, 0.25) is 0 Å². The largest absolute Gasteiger partial charge is 0.417 e. The molecule has 0 aliphatic rings. The van der Waals surface area contributed by atoms with Gasteiger partial charge in [-0.15, -0.1) is 0 Å². The third-order valence-corrected chi connectivity index (χ3v) is 3.38. The highest BCUT2D eigenvalue weighted by Crippen LogP contribution is 2.36. The van der Waals surface area contributed by atoms with Crippen LogP contribution in [0.4, 0.5) is 18.9 Å². The molecule has 0 saturated heterocycles. The third kappa shape index (κ3) is 2.57. The van der Waals surface area contributed by atoms with Gasteiger partial charge in [-0.2, -0.15) is 23.5 Å². The molecule has 2 N–H and O–H groups in total. The summed E-state index contributed by atoms with van der Waals surface area (Å²) in [7, 11) is 1.53. The lowest BCUT2D eigenvalue weighted by atomic mass is 10.0. The Balaban J connectivity index is 2.29. The minimum Gasteiger partial charge on any atom is -0.398 e. The molecule has 0 unspecified atom stereocenters. The van der Waals surface area contributed by atoms with Crippen LogP contribution in [0, 0.1) is 11.3 Å². The van der Waals surface area contributed by atoms with Crippen molar-refractivity contribution in [2.45, 2.75) is 6.18 Å². The van der Waals surface area contributed by atoms with Crippen molar-refractivity contribution >= 4 is 16.7 Å². The number of nitrogens with two attached hydrogens (primary N) is 1. The monoisotopic (exact) mass is 317 g/mol. The minimum absolute atomic E-state index is 0.00680. The van der Waals surface area contributed by atoms with Gasteiger partial charge in [-0.1, -0.05) is 6.07 Å². The Morgan fingerprint density at radius 3 is 2.65 bits per heavy atom. The fourth-order valence-corrected chi connectivity index (χ4v) is 2.30. The third-order valence-electron chi connectivity index (χ3n) is 3.38. The molecule has 3 rings (SSSR count). The van der Waals surface area contributed by atoms with Gasteiger partial charge in [-0.25, -0.2) is 4.98 Å². The van der Waals surface area contributed by atoms with E-state index in [9.17, 15) is 13.2 Å². The summed E-state index contributed by atoms with van der Waals surface area (Å²) in [6.45, 7) is 0. The number of pyridine rings is 1. The fraction of sp³-hybridized carbons (Fsp3) is 0.133. The first kappa shape index (κ1) is 14.8. The number of benzene rings is 1. The van der Waals surface area contributed by atoms with Gasteiger partial charge in [-0.05, 0) is 18.2 Å². The number of nitrogens with zero attached hydrogens (tertiary/aromatic N) is 4. The average molecular weight is 317 g/mol. The van der Waals surface area contributed by atoms with Crippen LogP contribution in [0.25, 0.3) is 22.3 Å². The van der Waals surface area contributed by atoms with Gasteiger partial charge in [0.2, 0.25) is 0 Å². The lowest BCUT2D eigenvalue weighted by molar-refractivity contribution is -0.136. The molecule has 0 spiro atoms. The second-order valence-corrected chi connectivity index (χ2v) is 5.01. The Labute approximate surface area is 128 Å². The molecule has 0 saturated carbocycles. The van der Waals surface area contributed by atoms with Gasteiger partial charge in [-0.3, -0.25) is 4.68 Å². The maximum Gasteiger partial charge on any atom is 0.417 e. The number of alkyl halides is 3. The highest BCUT2D eigenvalue weighted by molar-refractivity contribution is 5.83. The second kappa shape index (κ2) is 4.98. The molecule has 23 heavy (non-hydrogen) atoms. The molecule has 2 heterocycles. The van der Waals surface area contributed by atoms with Gasteiger partial charge >= 0.3 is 6.18 Å². The maximum absolute atomic E-state index is 13.3. The number of hydrogen-bond donors (Lipinski definition) is 1. The minimum atomic E-state index is -4.54. The van der Waals surface area contributed by atoms with Crippen LogP contribution >= 0.6 is 0 Å². The van der Waals surface area contributed by atoms with E-state index >= 15 is 0 Å². The predicted molar refractivity (Wildman–Crippen MR) is 78.1 cm³/mol. The number of aryl methyl sites for hydroxylation is 1. The summed E-state index contributed by atoms with van der Waals surface area (Å²) < 4.78 is 41.2. The Morgan fingerprint density at radius 1 is 1.26 bits per heavy atom. The summed E-state index contributed by atoms with van der Waals surface area (Å²) >= 11 is 0. The first-order valence-corrected chi connectivity index (χ1v) is 6.51. The Morgan fingerprint density at radius 2 is 2.00 bits per heavy atom. The number of hydrogen-bond acceptors (Lipinski definition) is 4. The number of rotatable bonds is 1. The lowest BCUT2D eigenvalue weighted by Crippen LogP contribution is -2.06. The number of fused-ring (bicyclic) bond motifs is 1.